The van der Waals surface area contributed by atoms with Gasteiger partial charge in [-0.25, -0.2) is 4.79 Å². The first-order valence-electron chi connectivity index (χ1n) is 6.19. The number of rotatable bonds is 4. The Morgan fingerprint density at radius 3 is 2.33 bits per heavy atom. The van der Waals surface area contributed by atoms with Gasteiger partial charge in [0.2, 0.25) is 5.78 Å². The van der Waals surface area contributed by atoms with Crippen LogP contribution in [0.25, 0.3) is 0 Å². The number of halogens is 2. The maximum atomic E-state index is 12.0. The van der Waals surface area contributed by atoms with Crippen LogP contribution in [0.2, 0.25) is 10.0 Å². The molecule has 0 unspecified atom stereocenters. The highest BCUT2D eigenvalue weighted by Crippen LogP contribution is 2.21. The van der Waals surface area contributed by atoms with E-state index in [0.717, 1.165) is 5.56 Å². The summed E-state index contributed by atoms with van der Waals surface area (Å²) in [6.07, 6.45) is 0. The van der Waals surface area contributed by atoms with Gasteiger partial charge in [0.05, 0.1) is 10.6 Å². The summed E-state index contributed by atoms with van der Waals surface area (Å²) in [6, 6.07) is 11.4. The third kappa shape index (κ3) is 4.06. The molecular weight excluding hydrogens is 311 g/mol. The van der Waals surface area contributed by atoms with Crippen LogP contribution in [0.5, 0.6) is 0 Å². The summed E-state index contributed by atoms with van der Waals surface area (Å²) in [7, 11) is 0. The van der Waals surface area contributed by atoms with Crippen molar-refractivity contribution in [1.29, 1.82) is 0 Å². The van der Waals surface area contributed by atoms with Crippen molar-refractivity contribution >= 4 is 35.0 Å². The summed E-state index contributed by atoms with van der Waals surface area (Å²) in [5, 5.41) is 0.673. The molecular formula is C16H12Cl2O3. The van der Waals surface area contributed by atoms with Gasteiger partial charge in [0.15, 0.2) is 6.61 Å². The van der Waals surface area contributed by atoms with Gasteiger partial charge in [0.1, 0.15) is 0 Å². The molecule has 0 fully saturated rings. The number of esters is 1. The Hall–Kier alpha value is -1.84. The molecule has 0 radical (unpaired) electrons. The number of carbonyl (C=O) groups excluding carboxylic acids is 2. The number of aryl methyl sites for hydroxylation is 1. The molecule has 0 aliphatic rings. The van der Waals surface area contributed by atoms with Crippen LogP contribution < -0.4 is 0 Å². The van der Waals surface area contributed by atoms with Crippen molar-refractivity contribution in [2.24, 2.45) is 0 Å². The average Bonchev–Trinajstić information content (AvgIpc) is 2.45. The zero-order valence-electron chi connectivity index (χ0n) is 11.2. The molecule has 0 saturated heterocycles. The summed E-state index contributed by atoms with van der Waals surface area (Å²) >= 11 is 11.7. The SMILES string of the molecule is Cc1ccc(C(=O)OCC(=O)c2ccc(Cl)cc2Cl)cc1. The molecule has 0 atom stereocenters. The van der Waals surface area contributed by atoms with Crippen molar-refractivity contribution in [3.63, 3.8) is 0 Å². The molecule has 0 aliphatic heterocycles. The predicted molar refractivity (Wildman–Crippen MR) is 82.3 cm³/mol. The van der Waals surface area contributed by atoms with Gasteiger partial charge in [-0.3, -0.25) is 4.79 Å². The van der Waals surface area contributed by atoms with Gasteiger partial charge in [0.25, 0.3) is 0 Å². The summed E-state index contributed by atoms with van der Waals surface area (Å²) in [6.45, 7) is 1.55. The van der Waals surface area contributed by atoms with Gasteiger partial charge in [-0.1, -0.05) is 40.9 Å². The van der Waals surface area contributed by atoms with E-state index in [2.05, 4.69) is 0 Å². The van der Waals surface area contributed by atoms with Crippen molar-refractivity contribution in [2.45, 2.75) is 6.92 Å². The van der Waals surface area contributed by atoms with Gasteiger partial charge >= 0.3 is 5.97 Å². The lowest BCUT2D eigenvalue weighted by Gasteiger charge is -2.06. The summed E-state index contributed by atoms with van der Waals surface area (Å²) < 4.78 is 4.99. The number of carbonyl (C=O) groups is 2. The van der Waals surface area contributed by atoms with Crippen LogP contribution in [-0.2, 0) is 4.74 Å². The molecule has 5 heteroatoms. The lowest BCUT2D eigenvalue weighted by molar-refractivity contribution is 0.0475. The molecule has 21 heavy (non-hydrogen) atoms. The first-order chi connectivity index (χ1) is 9.97. The topological polar surface area (TPSA) is 43.4 Å². The number of Topliss-reactive ketones (excluding diaryl/α,β-unsaturated/α-hetero) is 1. The fraction of sp³-hybridized carbons (Fsp3) is 0.125. The monoisotopic (exact) mass is 322 g/mol. The van der Waals surface area contributed by atoms with E-state index in [4.69, 9.17) is 27.9 Å². The molecule has 0 aliphatic carbocycles. The fourth-order valence-corrected chi connectivity index (χ4v) is 2.21. The van der Waals surface area contributed by atoms with Crippen molar-refractivity contribution in [1.82, 2.24) is 0 Å². The molecule has 0 aromatic heterocycles. The van der Waals surface area contributed by atoms with Gasteiger partial charge in [-0.15, -0.1) is 0 Å². The first kappa shape index (κ1) is 15.5. The number of hydrogen-bond donors (Lipinski definition) is 0. The second-order valence-corrected chi connectivity index (χ2v) is 5.33. The van der Waals surface area contributed by atoms with E-state index in [-0.39, 0.29) is 23.0 Å². The zero-order chi connectivity index (χ0) is 15.4. The highest BCUT2D eigenvalue weighted by molar-refractivity contribution is 6.36. The van der Waals surface area contributed by atoms with E-state index in [1.807, 2.05) is 6.92 Å². The van der Waals surface area contributed by atoms with Crippen LogP contribution in [0.1, 0.15) is 26.3 Å². The van der Waals surface area contributed by atoms with Crippen LogP contribution in [0, 0.1) is 6.92 Å². The summed E-state index contributed by atoms with van der Waals surface area (Å²) in [5.74, 6) is -0.925. The minimum Gasteiger partial charge on any atom is -0.454 e. The molecule has 0 N–H and O–H groups in total. The van der Waals surface area contributed by atoms with Crippen LogP contribution in [0.3, 0.4) is 0 Å². The maximum Gasteiger partial charge on any atom is 0.338 e. The van der Waals surface area contributed by atoms with Gasteiger partial charge in [0, 0.05) is 10.6 Å². The summed E-state index contributed by atoms with van der Waals surface area (Å²) in [4.78, 5) is 23.8. The second kappa shape index (κ2) is 6.74. The molecule has 2 rings (SSSR count). The van der Waals surface area contributed by atoms with Crippen molar-refractivity contribution in [3.8, 4) is 0 Å². The largest absolute Gasteiger partial charge is 0.454 e. The molecule has 0 amide bonds. The van der Waals surface area contributed by atoms with Crippen LogP contribution in [-0.4, -0.2) is 18.4 Å². The van der Waals surface area contributed by atoms with Gasteiger partial charge in [-0.05, 0) is 37.3 Å². The molecule has 2 aromatic rings. The quantitative estimate of drug-likeness (QED) is 0.621. The average molecular weight is 323 g/mol. The second-order valence-electron chi connectivity index (χ2n) is 4.49. The molecule has 3 nitrogen and oxygen atoms in total. The number of ketones is 1. The highest BCUT2D eigenvalue weighted by atomic mass is 35.5. The van der Waals surface area contributed by atoms with E-state index in [1.54, 1.807) is 30.3 Å². The number of benzene rings is 2. The van der Waals surface area contributed by atoms with Crippen molar-refractivity contribution < 1.29 is 14.3 Å². The normalized spacial score (nSPS) is 10.2. The Labute approximate surface area is 132 Å². The molecule has 108 valence electrons. The molecule has 0 heterocycles. The Kier molecular flexibility index (Phi) is 4.99. The predicted octanol–water partition coefficient (Wildman–Crippen LogP) is 4.34. The molecule has 0 spiro atoms. The number of ether oxygens (including phenoxy) is 1. The minimum absolute atomic E-state index is 0.235. The molecule has 0 bridgehead atoms. The smallest absolute Gasteiger partial charge is 0.338 e. The third-order valence-corrected chi connectivity index (χ3v) is 3.40. The summed E-state index contributed by atoms with van der Waals surface area (Å²) in [5.41, 5.74) is 1.71. The number of hydrogen-bond acceptors (Lipinski definition) is 3. The van der Waals surface area contributed by atoms with Gasteiger partial charge in [-0.2, -0.15) is 0 Å². The van der Waals surface area contributed by atoms with Crippen LogP contribution >= 0.6 is 23.2 Å². The lowest BCUT2D eigenvalue weighted by atomic mass is 10.1. The minimum atomic E-state index is -0.548. The molecule has 2 aromatic carbocycles. The van der Waals surface area contributed by atoms with Crippen molar-refractivity contribution in [3.05, 3.63) is 69.2 Å². The van der Waals surface area contributed by atoms with E-state index in [9.17, 15) is 9.59 Å². The standard InChI is InChI=1S/C16H12Cl2O3/c1-10-2-4-11(5-3-10)16(20)21-9-15(19)13-7-6-12(17)8-14(13)18/h2-8H,9H2,1H3. The maximum absolute atomic E-state index is 12.0. The Morgan fingerprint density at radius 2 is 1.71 bits per heavy atom. The van der Waals surface area contributed by atoms with Crippen molar-refractivity contribution in [2.75, 3.05) is 6.61 Å². The fourth-order valence-electron chi connectivity index (χ4n) is 1.70. The highest BCUT2D eigenvalue weighted by Gasteiger charge is 2.14. The third-order valence-electron chi connectivity index (χ3n) is 2.85. The van der Waals surface area contributed by atoms with E-state index in [0.29, 0.717) is 10.6 Å². The lowest BCUT2D eigenvalue weighted by Crippen LogP contribution is -2.14. The van der Waals surface area contributed by atoms with E-state index in [1.165, 1.54) is 12.1 Å². The van der Waals surface area contributed by atoms with Crippen LogP contribution in [0.15, 0.2) is 42.5 Å². The molecule has 0 saturated carbocycles. The Bertz CT molecular complexity index is 678. The van der Waals surface area contributed by atoms with E-state index >= 15 is 0 Å². The van der Waals surface area contributed by atoms with E-state index < -0.39 is 5.97 Å². The first-order valence-corrected chi connectivity index (χ1v) is 6.95. The Balaban J connectivity index is 2.00. The van der Waals surface area contributed by atoms with Crippen LogP contribution in [0.4, 0.5) is 0 Å². The van der Waals surface area contributed by atoms with Gasteiger partial charge < -0.3 is 4.74 Å². The zero-order valence-corrected chi connectivity index (χ0v) is 12.7. The Morgan fingerprint density at radius 1 is 1.05 bits per heavy atom.